The van der Waals surface area contributed by atoms with Crippen molar-refractivity contribution in [3.63, 3.8) is 0 Å². The summed E-state index contributed by atoms with van der Waals surface area (Å²) < 4.78 is 0. The Kier molecular flexibility index (Phi) is 17.7. The number of benzene rings is 4. The minimum atomic E-state index is 0. The Balaban J connectivity index is 0.000000241. The molecule has 1 fully saturated rings. The fourth-order valence-electron chi connectivity index (χ4n) is 7.45. The van der Waals surface area contributed by atoms with E-state index in [1.807, 2.05) is 0 Å². The van der Waals surface area contributed by atoms with Gasteiger partial charge in [0.2, 0.25) is 0 Å². The van der Waals surface area contributed by atoms with Gasteiger partial charge in [0, 0.05) is 0 Å². The van der Waals surface area contributed by atoms with Crippen molar-refractivity contribution in [2.45, 2.75) is 110 Å². The molecule has 0 aromatic heterocycles. The van der Waals surface area contributed by atoms with Gasteiger partial charge >= 0.3 is 41.9 Å². The summed E-state index contributed by atoms with van der Waals surface area (Å²) in [6, 6.07) is 41.1. The predicted octanol–water partition coefficient (Wildman–Crippen LogP) is 8.63. The van der Waals surface area contributed by atoms with Crippen LogP contribution < -0.4 is 24.8 Å². The molecule has 1 aliphatic carbocycles. The topological polar surface area (TPSA) is 0 Å². The summed E-state index contributed by atoms with van der Waals surface area (Å²) >= 11 is 1.74. The molecule has 1 saturated carbocycles. The zero-order chi connectivity index (χ0) is 34.9. The third kappa shape index (κ3) is 11.6. The Bertz CT molecular complexity index is 1930. The van der Waals surface area contributed by atoms with E-state index in [1.54, 1.807) is 23.3 Å². The van der Waals surface area contributed by atoms with Crippen molar-refractivity contribution in [2.75, 3.05) is 0 Å². The van der Waals surface area contributed by atoms with E-state index in [0.29, 0.717) is 11.8 Å². The van der Waals surface area contributed by atoms with Crippen molar-refractivity contribution in [3.05, 3.63) is 131 Å². The second-order valence-corrected chi connectivity index (χ2v) is 24.2. The molecule has 0 nitrogen and oxygen atoms in total. The molecule has 1 atom stereocenters. The first-order valence-corrected chi connectivity index (χ1v) is 24.9. The Labute approximate surface area is 336 Å². The fraction of sp³-hybridized carbons (Fsp3) is 0.362. The predicted molar refractivity (Wildman–Crippen MR) is 215 cm³/mol. The molecule has 1 unspecified atom stereocenters. The summed E-state index contributed by atoms with van der Waals surface area (Å²) in [6.45, 7) is 15.9. The molecule has 0 bridgehead atoms. The van der Waals surface area contributed by atoms with Crippen molar-refractivity contribution in [1.82, 2.24) is 0 Å². The van der Waals surface area contributed by atoms with Crippen molar-refractivity contribution < 1.29 is 48.1 Å². The van der Waals surface area contributed by atoms with Crippen molar-refractivity contribution in [3.8, 4) is 22.3 Å². The molecule has 0 saturated heterocycles. The second kappa shape index (κ2) is 20.9. The summed E-state index contributed by atoms with van der Waals surface area (Å²) in [4.78, 5) is 0. The van der Waals surface area contributed by atoms with E-state index in [-0.39, 0.29) is 30.2 Å². The average molecular weight is 811 g/mol. The molecule has 0 aliphatic heterocycles. The number of rotatable bonds is 7. The molecule has 0 N–H and O–H groups in total. The van der Waals surface area contributed by atoms with Crippen molar-refractivity contribution >= 4 is 27.0 Å². The minimum absolute atomic E-state index is 0. The summed E-state index contributed by atoms with van der Waals surface area (Å²) in [5, 5.41) is 5.49. The van der Waals surface area contributed by atoms with Crippen LogP contribution in [0.15, 0.2) is 109 Å². The first-order valence-electron chi connectivity index (χ1n) is 18.7. The Morgan fingerprint density at radius 3 is 1.75 bits per heavy atom. The fourth-order valence-corrected chi connectivity index (χ4v) is 7.45. The van der Waals surface area contributed by atoms with Gasteiger partial charge in [-0.1, -0.05) is 132 Å². The standard InChI is InChI=1S/C23H27.C22H23.C2H6Si.2ClH.Zr/c1-5-7-17(4)21-14-20-8-6-9-22(23(20)15-21)19-12-10-18(11-13-19)16(2)3;1-16-14-20-8-5-9-21(22(20)15-16)19-12-10-18(11-13-19)17-6-3-2-4-7-17;1-3-2;;;/h6,8-17H,5,7H2,1-4H3;5,8-15,17H,2-4,6-7H2,1H3;1-2H3;2*1H;/q2*-1;;;;+2/p-2. The van der Waals surface area contributed by atoms with Gasteiger partial charge in [0.25, 0.3) is 0 Å². The monoisotopic (exact) mass is 808 g/mol. The zero-order valence-corrected chi connectivity index (χ0v) is 36.8. The molecule has 6 aromatic carbocycles. The molecular formula is C47H56Cl2SiZr-2. The molecule has 0 amide bonds. The van der Waals surface area contributed by atoms with Crippen LogP contribution in [0.1, 0.15) is 113 Å². The number of hydrogen-bond donors (Lipinski definition) is 0. The SMILES string of the molecule is CCCC(C)c1cc2c(-c3ccc(C(C)C)cc3)cccc2[cH-]1.C[Si](C)=[Zr+2].Cc1cc2c(-c3ccc(C4CCCCC4)cc3)cccc2[cH-]1.[Cl-].[Cl-]. The Morgan fingerprint density at radius 2 is 1.22 bits per heavy atom. The molecular weight excluding hydrogens is 755 g/mol. The van der Waals surface area contributed by atoms with Crippen LogP contribution in [0.2, 0.25) is 13.1 Å². The minimum Gasteiger partial charge on any atom is -1.00 e. The molecule has 1 aliphatic rings. The van der Waals surface area contributed by atoms with E-state index in [4.69, 9.17) is 0 Å². The van der Waals surface area contributed by atoms with Gasteiger partial charge in [-0.15, -0.1) is 69.1 Å². The zero-order valence-electron chi connectivity index (χ0n) is 31.8. The smallest absolute Gasteiger partial charge is 0.0162 e. The van der Waals surface area contributed by atoms with Gasteiger partial charge < -0.3 is 24.8 Å². The molecule has 0 heterocycles. The van der Waals surface area contributed by atoms with Crippen LogP contribution in [-0.4, -0.2) is 5.43 Å². The van der Waals surface area contributed by atoms with Gasteiger partial charge in [0.1, 0.15) is 0 Å². The van der Waals surface area contributed by atoms with Gasteiger partial charge in [-0.05, 0) is 59.3 Å². The number of fused-ring (bicyclic) bond motifs is 2. The van der Waals surface area contributed by atoms with Gasteiger partial charge in [-0.3, -0.25) is 0 Å². The third-order valence-electron chi connectivity index (χ3n) is 10.1. The van der Waals surface area contributed by atoms with E-state index < -0.39 is 0 Å². The van der Waals surface area contributed by atoms with E-state index >= 15 is 0 Å². The summed E-state index contributed by atoms with van der Waals surface area (Å²) in [5.41, 5.74) is 11.4. The van der Waals surface area contributed by atoms with Gasteiger partial charge in [-0.2, -0.15) is 12.1 Å². The summed E-state index contributed by atoms with van der Waals surface area (Å²) in [6.07, 6.45) is 9.47. The second-order valence-electron chi connectivity index (χ2n) is 14.9. The molecule has 51 heavy (non-hydrogen) atoms. The first-order chi connectivity index (χ1) is 23.6. The van der Waals surface area contributed by atoms with E-state index in [0.717, 1.165) is 5.92 Å². The van der Waals surface area contributed by atoms with Crippen LogP contribution in [0.3, 0.4) is 0 Å². The van der Waals surface area contributed by atoms with Crippen molar-refractivity contribution in [1.29, 1.82) is 0 Å². The number of aryl methyl sites for hydroxylation is 1. The largest absolute Gasteiger partial charge is 1.00 e. The van der Waals surface area contributed by atoms with Crippen LogP contribution in [0.4, 0.5) is 0 Å². The first kappa shape index (κ1) is 43.2. The van der Waals surface area contributed by atoms with Crippen LogP contribution in [0.25, 0.3) is 43.8 Å². The van der Waals surface area contributed by atoms with Crippen LogP contribution >= 0.6 is 0 Å². The molecule has 7 rings (SSSR count). The average Bonchev–Trinajstić information content (AvgIpc) is 3.72. The molecule has 4 heteroatoms. The van der Waals surface area contributed by atoms with Crippen LogP contribution in [0.5, 0.6) is 0 Å². The maximum Gasteiger partial charge on any atom is -0.0162 e. The molecule has 0 spiro atoms. The van der Waals surface area contributed by atoms with Gasteiger partial charge in [-0.25, -0.2) is 0 Å². The van der Waals surface area contributed by atoms with E-state index in [2.05, 4.69) is 157 Å². The quantitative estimate of drug-likeness (QED) is 0.112. The van der Waals surface area contributed by atoms with Gasteiger partial charge in [0.15, 0.2) is 0 Å². The van der Waals surface area contributed by atoms with E-state index in [1.165, 1.54) is 111 Å². The maximum absolute atomic E-state index is 2.40. The van der Waals surface area contributed by atoms with Crippen LogP contribution in [0, 0.1) is 6.92 Å². The Morgan fingerprint density at radius 1 is 0.706 bits per heavy atom. The number of hydrogen-bond acceptors (Lipinski definition) is 0. The third-order valence-corrected chi connectivity index (χ3v) is 10.1. The molecule has 0 radical (unpaired) electrons. The Hall–Kier alpha value is -2.22. The summed E-state index contributed by atoms with van der Waals surface area (Å²) in [7, 11) is 0. The van der Waals surface area contributed by atoms with Crippen LogP contribution in [-0.2, 0) is 23.3 Å². The van der Waals surface area contributed by atoms with Crippen molar-refractivity contribution in [2.24, 2.45) is 0 Å². The summed E-state index contributed by atoms with van der Waals surface area (Å²) in [5.74, 6) is 2.02. The molecule has 6 aromatic rings. The van der Waals surface area contributed by atoms with E-state index in [9.17, 15) is 0 Å². The normalized spacial score (nSPS) is 13.4. The van der Waals surface area contributed by atoms with Gasteiger partial charge in [0.05, 0.1) is 0 Å². The number of halogens is 2. The maximum atomic E-state index is 2.40. The molecule has 268 valence electrons.